The van der Waals surface area contributed by atoms with Crippen LogP contribution in [-0.2, 0) is 69.0 Å². The Labute approximate surface area is 839 Å². The van der Waals surface area contributed by atoms with E-state index in [0.717, 1.165) is 170 Å². The van der Waals surface area contributed by atoms with Crippen LogP contribution in [0.3, 0.4) is 0 Å². The fourth-order valence-electron chi connectivity index (χ4n) is 20.8. The van der Waals surface area contributed by atoms with Crippen LogP contribution in [0.2, 0.25) is 0 Å². The molecule has 28 heteroatoms. The number of aliphatic imine (C=N–C) groups is 4. The van der Waals surface area contributed by atoms with Crippen molar-refractivity contribution in [2.75, 3.05) is 27.3 Å². The number of fused-ring (bicyclic) bond motifs is 12. The van der Waals surface area contributed by atoms with E-state index in [2.05, 4.69) is 210 Å². The zero-order valence-electron chi connectivity index (χ0n) is 88.1. The molecule has 0 aromatic heterocycles. The van der Waals surface area contributed by atoms with E-state index in [4.69, 9.17) is 55.2 Å². The van der Waals surface area contributed by atoms with E-state index in [-0.39, 0.29) is 95.6 Å². The molecule has 0 unspecified atom stereocenters. The lowest BCUT2D eigenvalue weighted by Crippen LogP contribution is -2.47. The molecule has 16 rings (SSSR count). The number of methoxy groups -OCH3 is 2. The fraction of sp³-hybridized carbons (Fsp3) is 0.570. The van der Waals surface area contributed by atoms with Crippen molar-refractivity contribution in [2.24, 2.45) is 90.8 Å². The van der Waals surface area contributed by atoms with Crippen LogP contribution in [0.1, 0.15) is 276 Å². The van der Waals surface area contributed by atoms with Gasteiger partial charge in [-0.1, -0.05) is 193 Å². The van der Waals surface area contributed by atoms with Crippen LogP contribution in [0.15, 0.2) is 117 Å². The molecule has 0 spiro atoms. The summed E-state index contributed by atoms with van der Waals surface area (Å²) in [6, 6.07) is 29.3. The molecule has 142 heavy (non-hydrogen) atoms. The van der Waals surface area contributed by atoms with Crippen molar-refractivity contribution in [1.29, 1.82) is 0 Å². The fourth-order valence-corrected chi connectivity index (χ4v) is 20.8. The summed E-state index contributed by atoms with van der Waals surface area (Å²) in [6.07, 6.45) is 16.6. The van der Waals surface area contributed by atoms with E-state index in [1.807, 2.05) is 65.8 Å². The number of rotatable bonds is 26. The van der Waals surface area contributed by atoms with Gasteiger partial charge in [-0.25, -0.2) is 24.0 Å². The summed E-state index contributed by atoms with van der Waals surface area (Å²) in [5.41, 5.74) is 25.3. The molecular weight excluding hydrogens is 1800 g/mol. The number of hydrogen-bond acceptors (Lipinski definition) is 19. The first-order valence-electron chi connectivity index (χ1n) is 51.9. The quantitative estimate of drug-likeness (QED) is 0.0275. The number of nitrogens with two attached hydrogens (primary N) is 1. The summed E-state index contributed by atoms with van der Waals surface area (Å²) in [5.74, 6) is 1.44. The molecule has 18 atom stereocenters. The molecule has 6 aromatic rings. The van der Waals surface area contributed by atoms with E-state index in [0.29, 0.717) is 62.2 Å². The average molecular weight is 1950 g/mol. The van der Waals surface area contributed by atoms with Gasteiger partial charge in [-0.05, 0) is 246 Å². The molecule has 10 aliphatic rings. The van der Waals surface area contributed by atoms with E-state index in [9.17, 15) is 43.2 Å². The van der Waals surface area contributed by atoms with Gasteiger partial charge in [-0.2, -0.15) is 0 Å². The molecule has 0 saturated carbocycles. The molecule has 0 aliphatic carbocycles. The molecule has 768 valence electrons. The van der Waals surface area contributed by atoms with Crippen molar-refractivity contribution in [1.82, 2.24) is 30.2 Å². The average Bonchev–Trinajstić information content (AvgIpc) is 1.54. The largest absolute Gasteiger partial charge is 0.488 e. The van der Waals surface area contributed by atoms with Crippen molar-refractivity contribution in [2.45, 2.75) is 328 Å². The van der Waals surface area contributed by atoms with Crippen molar-refractivity contribution in [3.8, 4) is 33.8 Å². The minimum absolute atomic E-state index is 0.00158. The Hall–Kier alpha value is -11.8. The summed E-state index contributed by atoms with van der Waals surface area (Å²) >= 11 is 0. The smallest absolute Gasteiger partial charge is 0.410 e. The Morgan fingerprint density at radius 2 is 0.866 bits per heavy atom. The van der Waals surface area contributed by atoms with Crippen LogP contribution < -0.4 is 25.8 Å². The van der Waals surface area contributed by atoms with Gasteiger partial charge in [0, 0.05) is 115 Å². The molecule has 28 nitrogen and oxygen atoms in total. The molecule has 4 saturated heterocycles. The maximum atomic E-state index is 13.7. The molecule has 10 heterocycles. The van der Waals surface area contributed by atoms with E-state index in [1.54, 1.807) is 13.8 Å². The van der Waals surface area contributed by atoms with Crippen LogP contribution in [0.25, 0.3) is 54.9 Å². The van der Waals surface area contributed by atoms with Crippen LogP contribution in [0.5, 0.6) is 11.5 Å². The topological polar surface area (TPSA) is 373 Å². The number of benzene rings is 6. The van der Waals surface area contributed by atoms with E-state index < -0.39 is 53.8 Å². The van der Waals surface area contributed by atoms with Crippen molar-refractivity contribution < 1.29 is 82.2 Å². The number of alkyl carbamates (subject to hydrolysis) is 2. The molecule has 10 aliphatic heterocycles. The maximum absolute atomic E-state index is 13.7. The number of carboxylic acid groups (broad SMARTS) is 3. The summed E-state index contributed by atoms with van der Waals surface area (Å²) in [5, 5.41) is 35.1. The predicted molar refractivity (Wildman–Crippen MR) is 561 cm³/mol. The molecule has 7 N–H and O–H groups in total. The maximum Gasteiger partial charge on any atom is 0.410 e. The number of ether oxygens (including phenoxy) is 5. The van der Waals surface area contributed by atoms with Gasteiger partial charge >= 0.3 is 36.2 Å². The Morgan fingerprint density at radius 3 is 1.23 bits per heavy atom. The zero-order valence-corrected chi connectivity index (χ0v) is 88.1. The SMILES string of the molecule is CC[C@@H](C)[C@H](N)C(=O)O.CC[C@@H](C)[C@H](NC(=O)OC)C(=O)O.CC[C@H](C)[C@H](NC(=O)OC)C(=O)O.CC[C@H]1C[C@@H](C2=NC=C(c3ccc4c(c3)COc3cc5c6c(ccc5cc3-4)N=C([C@@H]3CC[C@H](C)N3C(=O)[C@@H](C)C(C)C)C6)C2)N(C(=O)OC(C)(C)C)C1.CC[C@H]1C[C@@H](C2=NC=C(c3ccc4c(c3)COc3cc5c6c(ccc5cc3-4)N=C([C@@H]3CC[C@H](C)N3C(=O)[C@@H](C)C(C)C)C6)C2)N(C(=O)[C@@H](C)[C@@H](C)CC)C1. The lowest BCUT2D eigenvalue weighted by molar-refractivity contribution is -0.141. The third kappa shape index (κ3) is 24.5. The first kappa shape index (κ1) is 109. The molecule has 6 aromatic carbocycles. The number of carbonyl (C=O) groups is 9. The van der Waals surface area contributed by atoms with Gasteiger partial charge in [-0.3, -0.25) is 44.0 Å². The highest BCUT2D eigenvalue weighted by Gasteiger charge is 2.47. The van der Waals surface area contributed by atoms with Crippen LogP contribution in [0.4, 0.5) is 25.8 Å². The van der Waals surface area contributed by atoms with Crippen molar-refractivity contribution >= 4 is 121 Å². The third-order valence-electron chi connectivity index (χ3n) is 31.8. The normalized spacial score (nSPS) is 22.1. The standard InChI is InChI=1S/C47H58N4O3.C45H54N4O4.2C8H15NO4.C6H13NO2/c1-9-27(5)30(8)46(52)50-24-31(10-2)17-44(50)41-20-34(23-48-41)32-12-14-36-35(18-32)25-54-45-22-37-33(19-39(36)45)13-15-40-38(37)21-42(49-40)43-16-11-28(6)51(43)47(53)29(7)26(3)4;1-9-28-16-41(48(23-28)44(51)53-45(6,7)8)38-19-31(22-46-38)29-11-13-33-32(17-29)24-52-42-21-34-30(18-36(33)42)12-14-37-35(34)20-39(47-37)40-15-10-26(4)49(40)43(50)27(5)25(2)3;2*1-4-5(2)6(7(10)11)9-8(12)13-3;1-3-4(2)5(7)6(8)9/h12-15,18-19,22-23,26-31,43-44H,9-11,16-17,20-21,24-25H2,1-8H3;11-14,17-18,21-22,25-28,40-41H,9-10,15-16,19-20,23-24H2,1-8H3;2*5-6H,4H2,1-3H3,(H,9,12)(H,10,11);4-5H,3,7H2,1-2H3,(H,8,9)/t27-,28-,29-,30-,31-,43-,44-;26-,27-,28-,40-,41-;5-,6+;5-,6-;4-,5+/m00101/s1. The number of amides is 6. The van der Waals surface area contributed by atoms with Gasteiger partial charge in [-0.15, -0.1) is 0 Å². The lowest BCUT2D eigenvalue weighted by atomic mass is 9.89. The van der Waals surface area contributed by atoms with E-state index in [1.165, 1.54) is 74.7 Å². The summed E-state index contributed by atoms with van der Waals surface area (Å²) in [4.78, 5) is 136. The third-order valence-corrected chi connectivity index (χ3v) is 31.8. The number of carboxylic acids is 3. The number of aliphatic carboxylic acids is 3. The second-order valence-electron chi connectivity index (χ2n) is 42.8. The second-order valence-corrected chi connectivity index (χ2v) is 42.8. The van der Waals surface area contributed by atoms with Crippen molar-refractivity contribution in [3.63, 3.8) is 0 Å². The van der Waals surface area contributed by atoms with Gasteiger partial charge in [0.25, 0.3) is 0 Å². The number of hydrogen-bond donors (Lipinski definition) is 6. The Balaban J connectivity index is 0.000000190. The first-order valence-corrected chi connectivity index (χ1v) is 51.9. The Morgan fingerprint density at radius 1 is 0.465 bits per heavy atom. The predicted octanol–water partition coefficient (Wildman–Crippen LogP) is 22.2. The summed E-state index contributed by atoms with van der Waals surface area (Å²) in [7, 11) is 2.40. The van der Waals surface area contributed by atoms with Crippen LogP contribution in [0, 0.1) is 65.1 Å². The van der Waals surface area contributed by atoms with Crippen LogP contribution in [-0.4, -0.2) is 199 Å². The molecule has 6 amide bonds. The number of nitrogens with one attached hydrogen (secondary N) is 2. The highest BCUT2D eigenvalue weighted by molar-refractivity contribution is 6.10. The Bertz CT molecular complexity index is 5840. The van der Waals surface area contributed by atoms with Crippen LogP contribution >= 0.6 is 0 Å². The first-order chi connectivity index (χ1) is 67.4. The Kier molecular flexibility index (Phi) is 36.2. The summed E-state index contributed by atoms with van der Waals surface area (Å²) < 4.78 is 27.4. The molecule has 0 radical (unpaired) electrons. The number of likely N-dealkylation sites (tertiary alicyclic amines) is 4. The number of allylic oxidation sites excluding steroid dienone is 2. The van der Waals surface area contributed by atoms with Gasteiger partial charge in [0.15, 0.2) is 0 Å². The highest BCUT2D eigenvalue weighted by Crippen LogP contribution is 2.50. The van der Waals surface area contributed by atoms with Crippen molar-refractivity contribution in [3.05, 3.63) is 131 Å². The minimum atomic E-state index is -1.04. The van der Waals surface area contributed by atoms with Gasteiger partial charge in [0.2, 0.25) is 17.7 Å². The van der Waals surface area contributed by atoms with Gasteiger partial charge in [0.05, 0.1) is 49.8 Å². The number of carbonyl (C=O) groups excluding carboxylic acids is 6. The molecular formula is C114H155N11O17. The minimum Gasteiger partial charge on any atom is -0.488 e. The monoisotopic (exact) mass is 1950 g/mol. The number of nitrogens with zero attached hydrogens (tertiary/aromatic N) is 8. The zero-order chi connectivity index (χ0) is 104. The summed E-state index contributed by atoms with van der Waals surface area (Å²) in [6.45, 7) is 47.3. The lowest BCUT2D eigenvalue weighted by Gasteiger charge is -2.32. The van der Waals surface area contributed by atoms with E-state index >= 15 is 0 Å². The second kappa shape index (κ2) is 47.2. The highest BCUT2D eigenvalue weighted by atomic mass is 16.6. The van der Waals surface area contributed by atoms with Gasteiger partial charge < -0.3 is 70.1 Å². The molecule has 4 fully saturated rings. The molecule has 0 bridgehead atoms. The van der Waals surface area contributed by atoms with Gasteiger partial charge in [0.1, 0.15) is 48.4 Å².